The fourth-order valence-corrected chi connectivity index (χ4v) is 3.22. The van der Waals surface area contributed by atoms with Crippen molar-refractivity contribution in [3.63, 3.8) is 0 Å². The molecular weight excluding hydrogens is 314 g/mol. The largest absolute Gasteiger partial charge is 0.461 e. The van der Waals surface area contributed by atoms with Crippen LogP contribution in [0.3, 0.4) is 0 Å². The molecule has 2 aromatic rings. The summed E-state index contributed by atoms with van der Waals surface area (Å²) in [4.78, 5) is 7.00. The highest BCUT2D eigenvalue weighted by Crippen LogP contribution is 2.26. The van der Waals surface area contributed by atoms with Gasteiger partial charge in [-0.1, -0.05) is 39.0 Å². The third kappa shape index (κ3) is 5.31. The van der Waals surface area contributed by atoms with Gasteiger partial charge in [0.1, 0.15) is 17.2 Å². The molecule has 1 aromatic heterocycles. The van der Waals surface area contributed by atoms with Crippen molar-refractivity contribution in [2.75, 3.05) is 26.2 Å². The highest BCUT2D eigenvalue weighted by Gasteiger charge is 2.14. The first-order valence-corrected chi connectivity index (χ1v) is 9.38. The molecule has 0 fully saturated rings. The van der Waals surface area contributed by atoms with Crippen LogP contribution < -0.4 is 5.48 Å². The van der Waals surface area contributed by atoms with Crippen molar-refractivity contribution in [2.45, 2.75) is 46.5 Å². The summed E-state index contributed by atoms with van der Waals surface area (Å²) in [6, 6.07) is 8.03. The third-order valence-corrected chi connectivity index (χ3v) is 4.37. The van der Waals surface area contributed by atoms with Gasteiger partial charge in [0.05, 0.1) is 6.54 Å². The molecule has 0 bridgehead atoms. The minimum Gasteiger partial charge on any atom is -0.461 e. The smallest absolute Gasteiger partial charge is 0.134 e. The van der Waals surface area contributed by atoms with E-state index in [1.165, 1.54) is 0 Å². The molecule has 0 amide bonds. The first-order valence-electron chi connectivity index (χ1n) is 9.38. The number of rotatable bonds is 10. The van der Waals surface area contributed by atoms with Gasteiger partial charge in [-0.25, -0.2) is 0 Å². The zero-order valence-corrected chi connectivity index (χ0v) is 15.7. The normalized spacial score (nSPS) is 12.3. The Kier molecular flexibility index (Phi) is 7.95. The van der Waals surface area contributed by atoms with Crippen LogP contribution in [-0.4, -0.2) is 42.1 Å². The van der Waals surface area contributed by atoms with E-state index in [1.54, 1.807) is 0 Å². The Morgan fingerprint density at radius 2 is 1.84 bits per heavy atom. The lowest BCUT2D eigenvalue weighted by Gasteiger charge is -2.19. The maximum absolute atomic E-state index is 9.51. The predicted octanol–water partition coefficient (Wildman–Crippen LogP) is 4.04. The predicted molar refractivity (Wildman–Crippen MR) is 104 cm³/mol. The van der Waals surface area contributed by atoms with Gasteiger partial charge in [0.2, 0.25) is 0 Å². The average molecular weight is 345 g/mol. The lowest BCUT2D eigenvalue weighted by atomic mass is 10.1. The van der Waals surface area contributed by atoms with E-state index in [9.17, 15) is 5.21 Å². The lowest BCUT2D eigenvalue weighted by Crippen LogP contribution is -2.29. The van der Waals surface area contributed by atoms with Gasteiger partial charge >= 0.3 is 0 Å². The van der Waals surface area contributed by atoms with Crippen molar-refractivity contribution in [3.8, 4) is 0 Å². The summed E-state index contributed by atoms with van der Waals surface area (Å²) < 4.78 is 5.93. The number of aryl methyl sites for hydroxylation is 1. The number of nitrogens with one attached hydrogen (secondary N) is 1. The lowest BCUT2D eigenvalue weighted by molar-refractivity contribution is 0.231. The molecule has 5 nitrogen and oxygen atoms in total. The first kappa shape index (κ1) is 19.5. The molecule has 0 aliphatic heterocycles. The van der Waals surface area contributed by atoms with Crippen LogP contribution in [-0.2, 0) is 12.8 Å². The molecular formula is C20H31N3O2. The van der Waals surface area contributed by atoms with E-state index >= 15 is 0 Å². The number of benzene rings is 1. The molecule has 0 saturated carbocycles. The van der Waals surface area contributed by atoms with Crippen LogP contribution in [0.4, 0.5) is 0 Å². The molecule has 0 saturated heterocycles. The van der Waals surface area contributed by atoms with Crippen LogP contribution in [0.15, 0.2) is 33.7 Å². The van der Waals surface area contributed by atoms with E-state index < -0.39 is 0 Å². The SMILES string of the molecule is CCCN(CCC)CCN=C(Cc1c(CC)oc2ccccc12)NO. The summed E-state index contributed by atoms with van der Waals surface area (Å²) >= 11 is 0. The second-order valence-electron chi connectivity index (χ2n) is 6.31. The van der Waals surface area contributed by atoms with Gasteiger partial charge in [0.15, 0.2) is 0 Å². The van der Waals surface area contributed by atoms with Crippen LogP contribution >= 0.6 is 0 Å². The first-order chi connectivity index (χ1) is 12.2. The standard InChI is InChI=1S/C20H31N3O2/c1-4-12-23(13-5-2)14-11-21-20(22-24)15-17-16-9-7-8-10-19(16)25-18(17)6-3/h7-10,24H,4-6,11-15H2,1-3H3,(H,21,22). The molecule has 5 heteroatoms. The van der Waals surface area contributed by atoms with Crippen molar-refractivity contribution in [1.82, 2.24) is 10.4 Å². The number of fused-ring (bicyclic) bond motifs is 1. The van der Waals surface area contributed by atoms with E-state index in [2.05, 4.69) is 42.2 Å². The number of para-hydroxylation sites is 1. The molecule has 0 aliphatic carbocycles. The van der Waals surface area contributed by atoms with Gasteiger partial charge in [-0.15, -0.1) is 0 Å². The number of hydroxylamine groups is 1. The second kappa shape index (κ2) is 10.2. The minimum absolute atomic E-state index is 0.554. The molecule has 0 unspecified atom stereocenters. The van der Waals surface area contributed by atoms with Crippen LogP contribution in [0.25, 0.3) is 11.0 Å². The van der Waals surface area contributed by atoms with Crippen molar-refractivity contribution >= 4 is 16.8 Å². The van der Waals surface area contributed by atoms with E-state index in [1.807, 2.05) is 18.2 Å². The highest BCUT2D eigenvalue weighted by molar-refractivity contribution is 5.90. The van der Waals surface area contributed by atoms with Crippen LogP contribution in [0.5, 0.6) is 0 Å². The Labute approximate surface area is 150 Å². The number of hydrogen-bond donors (Lipinski definition) is 2. The second-order valence-corrected chi connectivity index (χ2v) is 6.31. The fraction of sp³-hybridized carbons (Fsp3) is 0.550. The quantitative estimate of drug-likeness (QED) is 0.388. The molecule has 138 valence electrons. The van der Waals surface area contributed by atoms with Crippen molar-refractivity contribution < 1.29 is 9.62 Å². The number of furan rings is 1. The van der Waals surface area contributed by atoms with Crippen LogP contribution in [0.2, 0.25) is 0 Å². The molecule has 2 rings (SSSR count). The van der Waals surface area contributed by atoms with Gasteiger partial charge < -0.3 is 9.32 Å². The van der Waals surface area contributed by atoms with Gasteiger partial charge in [-0.3, -0.25) is 15.7 Å². The van der Waals surface area contributed by atoms with Crippen molar-refractivity contribution in [1.29, 1.82) is 0 Å². The Hall–Kier alpha value is -1.85. The Morgan fingerprint density at radius 1 is 1.12 bits per heavy atom. The maximum Gasteiger partial charge on any atom is 0.134 e. The van der Waals surface area contributed by atoms with Crippen molar-refractivity contribution in [2.24, 2.45) is 4.99 Å². The summed E-state index contributed by atoms with van der Waals surface area (Å²) in [5.41, 5.74) is 4.28. The molecule has 25 heavy (non-hydrogen) atoms. The summed E-state index contributed by atoms with van der Waals surface area (Å²) in [6.07, 6.45) is 3.67. The molecule has 2 N–H and O–H groups in total. The Balaban J connectivity index is 2.08. The molecule has 0 radical (unpaired) electrons. The molecule has 1 heterocycles. The number of hydrogen-bond acceptors (Lipinski definition) is 4. The zero-order valence-electron chi connectivity index (χ0n) is 15.7. The monoisotopic (exact) mass is 345 g/mol. The van der Waals surface area contributed by atoms with Gasteiger partial charge in [-0.2, -0.15) is 0 Å². The minimum atomic E-state index is 0.554. The highest BCUT2D eigenvalue weighted by atomic mass is 16.5. The summed E-state index contributed by atoms with van der Waals surface area (Å²) in [5.74, 6) is 1.55. The van der Waals surface area contributed by atoms with Crippen molar-refractivity contribution in [3.05, 3.63) is 35.6 Å². The van der Waals surface area contributed by atoms with Gasteiger partial charge in [-0.05, 0) is 32.0 Å². The Bertz CT molecular complexity index is 673. The molecule has 1 aromatic carbocycles. The number of amidine groups is 1. The molecule has 0 atom stereocenters. The van der Waals surface area contributed by atoms with E-state index in [0.29, 0.717) is 18.8 Å². The van der Waals surface area contributed by atoms with Crippen LogP contribution in [0.1, 0.15) is 44.9 Å². The number of aliphatic imine (C=N–C) groups is 1. The molecule has 0 aliphatic rings. The van der Waals surface area contributed by atoms with Gasteiger partial charge in [0, 0.05) is 30.3 Å². The topological polar surface area (TPSA) is 61.0 Å². The molecule has 0 spiro atoms. The summed E-state index contributed by atoms with van der Waals surface area (Å²) in [7, 11) is 0. The number of nitrogens with zero attached hydrogens (tertiary/aromatic N) is 2. The Morgan fingerprint density at radius 3 is 2.48 bits per heavy atom. The summed E-state index contributed by atoms with van der Waals surface area (Å²) in [5, 5.41) is 10.6. The average Bonchev–Trinajstić information content (AvgIpc) is 2.99. The van der Waals surface area contributed by atoms with E-state index in [-0.39, 0.29) is 0 Å². The summed E-state index contributed by atoms with van der Waals surface area (Å²) in [6.45, 7) is 10.3. The maximum atomic E-state index is 9.51. The van der Waals surface area contributed by atoms with E-state index in [0.717, 1.165) is 61.2 Å². The zero-order chi connectivity index (χ0) is 18.1. The van der Waals surface area contributed by atoms with E-state index in [4.69, 9.17) is 4.42 Å². The van der Waals surface area contributed by atoms with Gasteiger partial charge in [0.25, 0.3) is 0 Å². The van der Waals surface area contributed by atoms with Crippen LogP contribution in [0, 0.1) is 0 Å². The third-order valence-electron chi connectivity index (χ3n) is 4.37. The fourth-order valence-electron chi connectivity index (χ4n) is 3.22.